The molecule has 13 heavy (non-hydrogen) atoms. The zero-order valence-electron chi connectivity index (χ0n) is 8.37. The highest BCUT2D eigenvalue weighted by atomic mass is 32.2. The van der Waals surface area contributed by atoms with Crippen molar-refractivity contribution in [2.45, 2.75) is 25.8 Å². The Kier molecular flexibility index (Phi) is 4.91. The summed E-state index contributed by atoms with van der Waals surface area (Å²) in [4.78, 5) is 2.37. The van der Waals surface area contributed by atoms with Crippen molar-refractivity contribution >= 4 is 10.8 Å². The molecule has 0 aliphatic carbocycles. The van der Waals surface area contributed by atoms with Crippen LogP contribution < -0.4 is 5.73 Å². The lowest BCUT2D eigenvalue weighted by molar-refractivity contribution is 0.224. The van der Waals surface area contributed by atoms with Crippen LogP contribution in [0.3, 0.4) is 0 Å². The van der Waals surface area contributed by atoms with Crippen LogP contribution in [0, 0.1) is 0 Å². The molecule has 3 nitrogen and oxygen atoms in total. The van der Waals surface area contributed by atoms with E-state index >= 15 is 0 Å². The molecule has 1 rings (SSSR count). The van der Waals surface area contributed by atoms with Gasteiger partial charge in [0.05, 0.1) is 0 Å². The third kappa shape index (κ3) is 4.20. The van der Waals surface area contributed by atoms with Crippen molar-refractivity contribution < 1.29 is 4.21 Å². The Balaban J connectivity index is 2.12. The molecule has 1 aliphatic rings. The lowest BCUT2D eigenvalue weighted by Gasteiger charge is -2.29. The fraction of sp³-hybridized carbons (Fsp3) is 1.00. The summed E-state index contributed by atoms with van der Waals surface area (Å²) >= 11 is 0. The van der Waals surface area contributed by atoms with Gasteiger partial charge in [-0.1, -0.05) is 6.92 Å². The first-order chi connectivity index (χ1) is 6.22. The van der Waals surface area contributed by atoms with Gasteiger partial charge in [-0.15, -0.1) is 0 Å². The zero-order valence-corrected chi connectivity index (χ0v) is 9.18. The second-order valence-corrected chi connectivity index (χ2v) is 5.48. The molecule has 78 valence electrons. The normalized spacial score (nSPS) is 23.2. The van der Waals surface area contributed by atoms with Gasteiger partial charge in [-0.05, 0) is 25.9 Å². The predicted octanol–water partition coefficient (Wildman–Crippen LogP) is 0.178. The van der Waals surface area contributed by atoms with Crippen molar-refractivity contribution in [3.63, 3.8) is 0 Å². The number of likely N-dealkylation sites (tertiary alicyclic amines) is 1. The Bertz CT molecular complexity index is 167. The van der Waals surface area contributed by atoms with Crippen LogP contribution in [-0.2, 0) is 10.8 Å². The molecule has 1 aliphatic heterocycles. The van der Waals surface area contributed by atoms with Crippen LogP contribution >= 0.6 is 0 Å². The molecule has 2 N–H and O–H groups in total. The topological polar surface area (TPSA) is 46.3 Å². The molecule has 0 aromatic heterocycles. The lowest BCUT2D eigenvalue weighted by atomic mass is 10.1. The van der Waals surface area contributed by atoms with E-state index in [1.807, 2.05) is 6.92 Å². The maximum absolute atomic E-state index is 11.2. The maximum Gasteiger partial charge on any atom is 0.0362 e. The summed E-state index contributed by atoms with van der Waals surface area (Å²) in [6.07, 6.45) is 2.19. The molecule has 0 spiro atoms. The summed E-state index contributed by atoms with van der Waals surface area (Å²) in [6.45, 7) is 5.12. The highest BCUT2D eigenvalue weighted by Crippen LogP contribution is 2.07. The maximum atomic E-state index is 11.2. The van der Waals surface area contributed by atoms with Crippen LogP contribution in [0.15, 0.2) is 0 Å². The molecule has 1 fully saturated rings. The van der Waals surface area contributed by atoms with E-state index in [9.17, 15) is 4.21 Å². The molecule has 1 unspecified atom stereocenters. The predicted molar refractivity (Wildman–Crippen MR) is 57.2 cm³/mol. The fourth-order valence-corrected chi connectivity index (χ4v) is 2.30. The van der Waals surface area contributed by atoms with Crippen molar-refractivity contribution in [1.29, 1.82) is 0 Å². The number of piperidine rings is 1. The molecule has 0 saturated carbocycles. The average Bonchev–Trinajstić information content (AvgIpc) is 2.16. The highest BCUT2D eigenvalue weighted by molar-refractivity contribution is 7.84. The molecular formula is C9H20N2OS. The average molecular weight is 204 g/mol. The number of nitrogens with two attached hydrogens (primary N) is 1. The molecule has 0 aromatic carbocycles. The third-order valence-electron chi connectivity index (χ3n) is 2.59. The molecule has 4 heteroatoms. The van der Waals surface area contributed by atoms with Gasteiger partial charge >= 0.3 is 0 Å². The van der Waals surface area contributed by atoms with E-state index in [0.29, 0.717) is 6.04 Å². The van der Waals surface area contributed by atoms with Crippen LogP contribution in [0.25, 0.3) is 0 Å². The van der Waals surface area contributed by atoms with Gasteiger partial charge in [0, 0.05) is 34.9 Å². The quantitative estimate of drug-likeness (QED) is 0.710. The monoisotopic (exact) mass is 204 g/mol. The van der Waals surface area contributed by atoms with Gasteiger partial charge in [-0.25, -0.2) is 0 Å². The van der Waals surface area contributed by atoms with E-state index in [0.717, 1.165) is 44.0 Å². The van der Waals surface area contributed by atoms with Crippen LogP contribution in [0.5, 0.6) is 0 Å². The number of rotatable bonds is 4. The van der Waals surface area contributed by atoms with Crippen molar-refractivity contribution in [2.75, 3.05) is 31.1 Å². The molecule has 1 heterocycles. The van der Waals surface area contributed by atoms with E-state index in [-0.39, 0.29) is 0 Å². The molecule has 0 amide bonds. The van der Waals surface area contributed by atoms with Crippen molar-refractivity contribution in [3.8, 4) is 0 Å². The molecule has 0 bridgehead atoms. The second-order valence-electron chi connectivity index (χ2n) is 3.61. The molecule has 0 radical (unpaired) electrons. The Morgan fingerprint density at radius 1 is 1.46 bits per heavy atom. The van der Waals surface area contributed by atoms with Crippen LogP contribution in [0.1, 0.15) is 19.8 Å². The zero-order chi connectivity index (χ0) is 9.68. The van der Waals surface area contributed by atoms with Gasteiger partial charge in [0.25, 0.3) is 0 Å². The SMILES string of the molecule is CCS(=O)CCN1CCC(N)CC1. The largest absolute Gasteiger partial charge is 0.328 e. The van der Waals surface area contributed by atoms with E-state index in [1.165, 1.54) is 0 Å². The standard InChI is InChI=1S/C9H20N2OS/c1-2-13(12)8-7-11-5-3-9(10)4-6-11/h9H,2-8,10H2,1H3. The summed E-state index contributed by atoms with van der Waals surface area (Å²) in [6, 6.07) is 0.396. The summed E-state index contributed by atoms with van der Waals surface area (Å²) in [7, 11) is -0.610. The van der Waals surface area contributed by atoms with Crippen molar-refractivity contribution in [2.24, 2.45) is 5.73 Å². The summed E-state index contributed by atoms with van der Waals surface area (Å²) in [5.74, 6) is 1.61. The third-order valence-corrected chi connectivity index (χ3v) is 3.87. The smallest absolute Gasteiger partial charge is 0.0362 e. The molecule has 0 aromatic rings. The van der Waals surface area contributed by atoms with E-state index in [1.54, 1.807) is 0 Å². The van der Waals surface area contributed by atoms with Crippen LogP contribution in [0.2, 0.25) is 0 Å². The minimum atomic E-state index is -0.610. The summed E-state index contributed by atoms with van der Waals surface area (Å²) in [5.41, 5.74) is 5.79. The summed E-state index contributed by atoms with van der Waals surface area (Å²) < 4.78 is 11.2. The first kappa shape index (κ1) is 11.1. The Morgan fingerprint density at radius 3 is 2.62 bits per heavy atom. The van der Waals surface area contributed by atoms with Gasteiger partial charge in [-0.3, -0.25) is 4.21 Å². The second kappa shape index (κ2) is 5.73. The number of hydrogen-bond donors (Lipinski definition) is 1. The molecule has 1 atom stereocenters. The van der Waals surface area contributed by atoms with Crippen molar-refractivity contribution in [3.05, 3.63) is 0 Å². The van der Waals surface area contributed by atoms with Gasteiger partial charge in [0.1, 0.15) is 0 Å². The van der Waals surface area contributed by atoms with Gasteiger partial charge < -0.3 is 10.6 Å². The lowest BCUT2D eigenvalue weighted by Crippen LogP contribution is -2.41. The van der Waals surface area contributed by atoms with Crippen LogP contribution in [-0.4, -0.2) is 46.3 Å². The molecule has 1 saturated heterocycles. The van der Waals surface area contributed by atoms with Crippen molar-refractivity contribution in [1.82, 2.24) is 4.90 Å². The minimum absolute atomic E-state index is 0.396. The van der Waals surface area contributed by atoms with E-state index < -0.39 is 10.8 Å². The Labute approximate surface area is 83.1 Å². The van der Waals surface area contributed by atoms with Crippen LogP contribution in [0.4, 0.5) is 0 Å². The Morgan fingerprint density at radius 2 is 2.08 bits per heavy atom. The first-order valence-electron chi connectivity index (χ1n) is 5.05. The number of nitrogens with zero attached hydrogens (tertiary/aromatic N) is 1. The minimum Gasteiger partial charge on any atom is -0.328 e. The summed E-state index contributed by atoms with van der Waals surface area (Å²) in [5, 5.41) is 0. The van der Waals surface area contributed by atoms with Gasteiger partial charge in [0.2, 0.25) is 0 Å². The highest BCUT2D eigenvalue weighted by Gasteiger charge is 2.15. The Hall–Kier alpha value is 0.0700. The van der Waals surface area contributed by atoms with Gasteiger partial charge in [-0.2, -0.15) is 0 Å². The van der Waals surface area contributed by atoms with E-state index in [4.69, 9.17) is 5.73 Å². The first-order valence-corrected chi connectivity index (χ1v) is 6.54. The molecular weight excluding hydrogens is 184 g/mol. The number of hydrogen-bond acceptors (Lipinski definition) is 3. The van der Waals surface area contributed by atoms with E-state index in [2.05, 4.69) is 4.90 Å². The van der Waals surface area contributed by atoms with Gasteiger partial charge in [0.15, 0.2) is 0 Å². The fourth-order valence-electron chi connectivity index (χ4n) is 1.55.